The Morgan fingerprint density at radius 2 is 2.05 bits per heavy atom. The number of aryl methyl sites for hydroxylation is 1. The molecule has 1 aromatic heterocycles. The number of carbonyl (C=O) groups excluding carboxylic acids is 1. The highest BCUT2D eigenvalue weighted by atomic mass is 16.3. The first-order valence-electron chi connectivity index (χ1n) is 6.32. The van der Waals surface area contributed by atoms with Gasteiger partial charge in [-0.15, -0.1) is 0 Å². The molecule has 0 atom stereocenters. The van der Waals surface area contributed by atoms with Crippen molar-refractivity contribution in [2.45, 2.75) is 6.92 Å². The largest absolute Gasteiger partial charge is 0.508 e. The number of hydrogen-bond acceptors (Lipinski definition) is 2. The molecule has 0 radical (unpaired) electrons. The van der Waals surface area contributed by atoms with Crippen LogP contribution in [0.4, 0.5) is 5.69 Å². The Labute approximate surface area is 116 Å². The highest BCUT2D eigenvalue weighted by Crippen LogP contribution is 2.22. The van der Waals surface area contributed by atoms with E-state index in [9.17, 15) is 9.90 Å². The topological polar surface area (TPSA) is 65.1 Å². The summed E-state index contributed by atoms with van der Waals surface area (Å²) < 4.78 is 0. The predicted molar refractivity (Wildman–Crippen MR) is 79.1 cm³/mol. The molecule has 4 heteroatoms. The number of anilines is 1. The van der Waals surface area contributed by atoms with Gasteiger partial charge >= 0.3 is 0 Å². The fourth-order valence-corrected chi connectivity index (χ4v) is 2.22. The molecule has 3 N–H and O–H groups in total. The van der Waals surface area contributed by atoms with E-state index in [-0.39, 0.29) is 11.7 Å². The van der Waals surface area contributed by atoms with E-state index in [2.05, 4.69) is 10.3 Å². The van der Waals surface area contributed by atoms with E-state index in [1.165, 1.54) is 0 Å². The Morgan fingerprint density at radius 3 is 2.85 bits per heavy atom. The summed E-state index contributed by atoms with van der Waals surface area (Å²) in [5, 5.41) is 13.2. The monoisotopic (exact) mass is 266 g/mol. The minimum absolute atomic E-state index is 0.166. The van der Waals surface area contributed by atoms with Crippen molar-refractivity contribution < 1.29 is 9.90 Å². The zero-order valence-corrected chi connectivity index (χ0v) is 11.0. The molecule has 1 amide bonds. The third-order valence-corrected chi connectivity index (χ3v) is 3.29. The highest BCUT2D eigenvalue weighted by Gasteiger charge is 2.11. The Morgan fingerprint density at radius 1 is 1.20 bits per heavy atom. The fraction of sp³-hybridized carbons (Fsp3) is 0.0625. The van der Waals surface area contributed by atoms with Gasteiger partial charge in [0.25, 0.3) is 5.91 Å². The fourth-order valence-electron chi connectivity index (χ4n) is 2.22. The van der Waals surface area contributed by atoms with Gasteiger partial charge in [0, 0.05) is 28.4 Å². The minimum atomic E-state index is -0.166. The Balaban J connectivity index is 1.93. The van der Waals surface area contributed by atoms with Gasteiger partial charge in [-0.05, 0) is 48.9 Å². The van der Waals surface area contributed by atoms with Crippen LogP contribution in [0.5, 0.6) is 5.75 Å². The maximum atomic E-state index is 12.3. The lowest BCUT2D eigenvalue weighted by Gasteiger charge is -2.08. The van der Waals surface area contributed by atoms with E-state index >= 15 is 0 Å². The molecule has 0 bridgehead atoms. The van der Waals surface area contributed by atoms with Crippen molar-refractivity contribution in [2.24, 2.45) is 0 Å². The van der Waals surface area contributed by atoms with Crippen LogP contribution in [0, 0.1) is 6.92 Å². The summed E-state index contributed by atoms with van der Waals surface area (Å²) in [6, 6.07) is 12.4. The van der Waals surface area contributed by atoms with E-state index in [0.29, 0.717) is 11.3 Å². The van der Waals surface area contributed by atoms with Crippen LogP contribution in [0.1, 0.15) is 15.9 Å². The van der Waals surface area contributed by atoms with Crippen molar-refractivity contribution in [3.8, 4) is 5.75 Å². The molecule has 0 aliphatic heterocycles. The average Bonchev–Trinajstić information content (AvgIpc) is 2.91. The molecule has 0 aliphatic rings. The van der Waals surface area contributed by atoms with Gasteiger partial charge in [-0.25, -0.2) is 0 Å². The molecule has 2 aromatic carbocycles. The quantitative estimate of drug-likeness (QED) is 0.622. The van der Waals surface area contributed by atoms with Crippen molar-refractivity contribution in [1.82, 2.24) is 4.98 Å². The van der Waals surface area contributed by atoms with Crippen LogP contribution in [0.25, 0.3) is 10.9 Å². The summed E-state index contributed by atoms with van der Waals surface area (Å²) in [4.78, 5) is 15.4. The Kier molecular flexibility index (Phi) is 2.91. The Hall–Kier alpha value is -2.75. The number of aromatic amines is 1. The molecule has 0 unspecified atom stereocenters. The van der Waals surface area contributed by atoms with Crippen LogP contribution in [-0.2, 0) is 0 Å². The second-order valence-electron chi connectivity index (χ2n) is 4.70. The number of aromatic hydroxyl groups is 1. The summed E-state index contributed by atoms with van der Waals surface area (Å²) in [6.45, 7) is 1.79. The molecule has 0 saturated carbocycles. The summed E-state index contributed by atoms with van der Waals surface area (Å²) in [7, 11) is 0. The van der Waals surface area contributed by atoms with Gasteiger partial charge in [0.1, 0.15) is 5.75 Å². The van der Waals surface area contributed by atoms with Crippen molar-refractivity contribution in [1.29, 1.82) is 0 Å². The van der Waals surface area contributed by atoms with Crippen LogP contribution in [0.15, 0.2) is 48.7 Å². The zero-order valence-electron chi connectivity index (χ0n) is 11.0. The summed E-state index contributed by atoms with van der Waals surface area (Å²) in [5.41, 5.74) is 2.94. The number of phenolic OH excluding ortho intramolecular Hbond substituents is 1. The second kappa shape index (κ2) is 4.74. The second-order valence-corrected chi connectivity index (χ2v) is 4.70. The lowest BCUT2D eigenvalue weighted by Crippen LogP contribution is -2.12. The van der Waals surface area contributed by atoms with Crippen LogP contribution in [0.2, 0.25) is 0 Å². The van der Waals surface area contributed by atoms with Crippen molar-refractivity contribution in [2.75, 3.05) is 5.32 Å². The van der Waals surface area contributed by atoms with Crippen molar-refractivity contribution in [3.05, 3.63) is 59.8 Å². The number of fused-ring (bicyclic) bond motifs is 1. The maximum absolute atomic E-state index is 12.3. The lowest BCUT2D eigenvalue weighted by molar-refractivity contribution is 0.102. The van der Waals surface area contributed by atoms with Gasteiger partial charge in [-0.2, -0.15) is 0 Å². The van der Waals surface area contributed by atoms with E-state index in [1.54, 1.807) is 31.2 Å². The number of rotatable bonds is 2. The molecule has 3 rings (SSSR count). The van der Waals surface area contributed by atoms with Gasteiger partial charge in [0.05, 0.1) is 0 Å². The molecule has 20 heavy (non-hydrogen) atoms. The summed E-state index contributed by atoms with van der Waals surface area (Å²) in [5.74, 6) is 0.0519. The maximum Gasteiger partial charge on any atom is 0.256 e. The van der Waals surface area contributed by atoms with Gasteiger partial charge in [0.15, 0.2) is 0 Å². The normalized spacial score (nSPS) is 10.7. The zero-order chi connectivity index (χ0) is 14.1. The number of nitrogens with one attached hydrogen (secondary N) is 2. The van der Waals surface area contributed by atoms with E-state index in [1.807, 2.05) is 24.4 Å². The van der Waals surface area contributed by atoms with E-state index in [0.717, 1.165) is 16.5 Å². The summed E-state index contributed by atoms with van der Waals surface area (Å²) in [6.07, 6.45) is 1.81. The molecular weight excluding hydrogens is 252 g/mol. The standard InChI is InChI=1S/C16H14N2O2/c1-10-9-11(5-6-15(10)19)18-16(20)13-3-2-4-14-12(13)7-8-17-14/h2-9,17,19H,1H3,(H,18,20). The number of hydrogen-bond donors (Lipinski definition) is 3. The lowest BCUT2D eigenvalue weighted by atomic mass is 10.1. The molecule has 0 fully saturated rings. The molecule has 0 saturated heterocycles. The van der Waals surface area contributed by atoms with Gasteiger partial charge in [-0.3, -0.25) is 4.79 Å². The first kappa shape index (κ1) is 12.3. The average molecular weight is 266 g/mol. The smallest absolute Gasteiger partial charge is 0.256 e. The van der Waals surface area contributed by atoms with Crippen LogP contribution in [-0.4, -0.2) is 16.0 Å². The molecule has 1 heterocycles. The number of H-pyrrole nitrogens is 1. The van der Waals surface area contributed by atoms with Gasteiger partial charge in [-0.1, -0.05) is 6.07 Å². The first-order valence-corrected chi connectivity index (χ1v) is 6.32. The first-order chi connectivity index (χ1) is 9.65. The third kappa shape index (κ3) is 2.12. The van der Waals surface area contributed by atoms with Crippen LogP contribution < -0.4 is 5.32 Å². The number of aromatic nitrogens is 1. The van der Waals surface area contributed by atoms with E-state index in [4.69, 9.17) is 0 Å². The van der Waals surface area contributed by atoms with E-state index < -0.39 is 0 Å². The predicted octanol–water partition coefficient (Wildman–Crippen LogP) is 3.43. The molecule has 0 spiro atoms. The molecular formula is C16H14N2O2. The number of carbonyl (C=O) groups is 1. The molecule has 0 aliphatic carbocycles. The van der Waals surface area contributed by atoms with Gasteiger partial charge in [0.2, 0.25) is 0 Å². The number of phenols is 1. The number of amides is 1. The van der Waals surface area contributed by atoms with Crippen molar-refractivity contribution >= 4 is 22.5 Å². The highest BCUT2D eigenvalue weighted by molar-refractivity contribution is 6.12. The minimum Gasteiger partial charge on any atom is -0.508 e. The van der Waals surface area contributed by atoms with Crippen LogP contribution >= 0.6 is 0 Å². The Bertz CT molecular complexity index is 790. The van der Waals surface area contributed by atoms with Crippen molar-refractivity contribution in [3.63, 3.8) is 0 Å². The summed E-state index contributed by atoms with van der Waals surface area (Å²) >= 11 is 0. The molecule has 100 valence electrons. The SMILES string of the molecule is Cc1cc(NC(=O)c2cccc3[nH]ccc23)ccc1O. The van der Waals surface area contributed by atoms with Crippen LogP contribution in [0.3, 0.4) is 0 Å². The number of benzene rings is 2. The molecule has 3 aromatic rings. The van der Waals surface area contributed by atoms with Gasteiger partial charge < -0.3 is 15.4 Å². The third-order valence-electron chi connectivity index (χ3n) is 3.29. The molecule has 4 nitrogen and oxygen atoms in total.